The summed E-state index contributed by atoms with van der Waals surface area (Å²) in [4.78, 5) is 11.4. The minimum atomic E-state index is -3.75. The fourth-order valence-corrected chi connectivity index (χ4v) is 4.62. The van der Waals surface area contributed by atoms with Crippen molar-refractivity contribution in [1.82, 2.24) is 9.03 Å². The molecule has 2 fully saturated rings. The second kappa shape index (κ2) is 5.74. The number of hydrogen-bond acceptors (Lipinski definition) is 4. The molecule has 0 aromatic carbocycles. The first-order valence-electron chi connectivity index (χ1n) is 6.45. The number of rotatable bonds is 6. The van der Waals surface area contributed by atoms with Crippen LogP contribution in [-0.4, -0.2) is 56.6 Å². The third-order valence-electron chi connectivity index (χ3n) is 4.00. The minimum absolute atomic E-state index is 0.0449. The second-order valence-electron chi connectivity index (χ2n) is 5.10. The molecule has 0 spiro atoms. The van der Waals surface area contributed by atoms with E-state index in [1.165, 1.54) is 7.11 Å². The van der Waals surface area contributed by atoms with Crippen LogP contribution in [0.25, 0.3) is 0 Å². The lowest BCUT2D eigenvalue weighted by Gasteiger charge is -2.23. The Kier molecular flexibility index (Phi) is 4.44. The number of aliphatic carboxylic acids is 1. The first-order valence-corrected chi connectivity index (χ1v) is 7.89. The van der Waals surface area contributed by atoms with Crippen molar-refractivity contribution in [2.24, 2.45) is 11.8 Å². The van der Waals surface area contributed by atoms with Crippen molar-refractivity contribution in [3.05, 3.63) is 0 Å². The fraction of sp³-hybridized carbons (Fsp3) is 0.909. The zero-order valence-corrected chi connectivity index (χ0v) is 11.7. The van der Waals surface area contributed by atoms with E-state index in [0.717, 1.165) is 23.6 Å². The Morgan fingerprint density at radius 3 is 2.84 bits per heavy atom. The third-order valence-corrected chi connectivity index (χ3v) is 5.56. The molecule has 2 rings (SSSR count). The summed E-state index contributed by atoms with van der Waals surface area (Å²) < 4.78 is 32.6. The Morgan fingerprint density at radius 1 is 1.47 bits per heavy atom. The van der Waals surface area contributed by atoms with Crippen molar-refractivity contribution in [2.45, 2.75) is 25.3 Å². The highest BCUT2D eigenvalue weighted by molar-refractivity contribution is 7.87. The van der Waals surface area contributed by atoms with Crippen LogP contribution in [0.2, 0.25) is 0 Å². The molecule has 0 bridgehead atoms. The molecule has 19 heavy (non-hydrogen) atoms. The first kappa shape index (κ1) is 14.7. The van der Waals surface area contributed by atoms with Gasteiger partial charge in [0, 0.05) is 20.2 Å². The quantitative estimate of drug-likeness (QED) is 0.653. The summed E-state index contributed by atoms with van der Waals surface area (Å²) in [5.74, 6) is -0.914. The van der Waals surface area contributed by atoms with E-state index in [2.05, 4.69) is 4.72 Å². The first-order chi connectivity index (χ1) is 8.97. The summed E-state index contributed by atoms with van der Waals surface area (Å²) in [5.41, 5.74) is 0. The van der Waals surface area contributed by atoms with Gasteiger partial charge in [-0.3, -0.25) is 4.79 Å². The number of methoxy groups -OCH3 is 1. The van der Waals surface area contributed by atoms with Gasteiger partial charge in [-0.2, -0.15) is 17.4 Å². The van der Waals surface area contributed by atoms with Crippen LogP contribution in [0, 0.1) is 11.8 Å². The number of carboxylic acid groups (broad SMARTS) is 1. The van der Waals surface area contributed by atoms with Crippen LogP contribution >= 0.6 is 0 Å². The Morgan fingerprint density at radius 2 is 2.21 bits per heavy atom. The lowest BCUT2D eigenvalue weighted by Crippen LogP contribution is -2.48. The van der Waals surface area contributed by atoms with Gasteiger partial charge in [0.05, 0.1) is 6.61 Å². The van der Waals surface area contributed by atoms with Gasteiger partial charge >= 0.3 is 5.97 Å². The number of carboxylic acids is 1. The van der Waals surface area contributed by atoms with Crippen LogP contribution in [-0.2, 0) is 19.7 Å². The van der Waals surface area contributed by atoms with Crippen LogP contribution in [0.15, 0.2) is 0 Å². The summed E-state index contributed by atoms with van der Waals surface area (Å²) in [7, 11) is -2.27. The molecular formula is C11H20N2O5S. The standard InChI is InChI=1S/C11H20N2O5S/c1-18-6-5-12-19(16,17)13-7-8-3-2-4-9(8)10(13)11(14)15/h8-10,12H,2-7H2,1H3,(H,14,15). The number of nitrogens with zero attached hydrogens (tertiary/aromatic N) is 1. The van der Waals surface area contributed by atoms with Gasteiger partial charge in [-0.15, -0.1) is 0 Å². The lowest BCUT2D eigenvalue weighted by atomic mass is 9.94. The van der Waals surface area contributed by atoms with Gasteiger partial charge in [0.2, 0.25) is 0 Å². The van der Waals surface area contributed by atoms with E-state index in [1.54, 1.807) is 0 Å². The second-order valence-corrected chi connectivity index (χ2v) is 6.81. The van der Waals surface area contributed by atoms with Crippen molar-refractivity contribution in [3.8, 4) is 0 Å². The molecule has 2 N–H and O–H groups in total. The molecule has 0 amide bonds. The summed E-state index contributed by atoms with van der Waals surface area (Å²) in [6, 6.07) is -0.924. The summed E-state index contributed by atoms with van der Waals surface area (Å²) in [5, 5.41) is 9.31. The van der Waals surface area contributed by atoms with Crippen molar-refractivity contribution in [1.29, 1.82) is 0 Å². The number of carbonyl (C=O) groups is 1. The van der Waals surface area contributed by atoms with Gasteiger partial charge in [-0.25, -0.2) is 0 Å². The molecular weight excluding hydrogens is 272 g/mol. The largest absolute Gasteiger partial charge is 0.480 e. The molecule has 0 aromatic heterocycles. The third kappa shape index (κ3) is 2.91. The number of fused-ring (bicyclic) bond motifs is 1. The topological polar surface area (TPSA) is 95.9 Å². The maximum atomic E-state index is 12.1. The highest BCUT2D eigenvalue weighted by atomic mass is 32.2. The zero-order chi connectivity index (χ0) is 14.0. The van der Waals surface area contributed by atoms with E-state index in [4.69, 9.17) is 4.74 Å². The Balaban J connectivity index is 2.12. The molecule has 1 heterocycles. The van der Waals surface area contributed by atoms with Crippen LogP contribution in [0.3, 0.4) is 0 Å². The predicted octanol–water partition coefficient (Wildman–Crippen LogP) is -0.348. The monoisotopic (exact) mass is 292 g/mol. The van der Waals surface area contributed by atoms with E-state index in [0.29, 0.717) is 6.54 Å². The Labute approximate surface area is 113 Å². The zero-order valence-electron chi connectivity index (χ0n) is 10.9. The molecule has 7 nitrogen and oxygen atoms in total. The molecule has 1 aliphatic heterocycles. The van der Waals surface area contributed by atoms with Crippen molar-refractivity contribution < 1.29 is 23.1 Å². The lowest BCUT2D eigenvalue weighted by molar-refractivity contribution is -0.142. The molecule has 1 saturated carbocycles. The van der Waals surface area contributed by atoms with E-state index >= 15 is 0 Å². The summed E-state index contributed by atoms with van der Waals surface area (Å²) >= 11 is 0. The van der Waals surface area contributed by atoms with Crippen LogP contribution in [0.1, 0.15) is 19.3 Å². The number of hydrogen-bond donors (Lipinski definition) is 2. The van der Waals surface area contributed by atoms with E-state index in [-0.39, 0.29) is 25.0 Å². The highest BCUT2D eigenvalue weighted by Gasteiger charge is 2.51. The number of nitrogens with one attached hydrogen (secondary N) is 1. The van der Waals surface area contributed by atoms with Crippen LogP contribution in [0.4, 0.5) is 0 Å². The molecule has 0 radical (unpaired) electrons. The minimum Gasteiger partial charge on any atom is -0.480 e. The molecule has 110 valence electrons. The van der Waals surface area contributed by atoms with Crippen molar-refractivity contribution in [3.63, 3.8) is 0 Å². The van der Waals surface area contributed by atoms with Gasteiger partial charge in [0.1, 0.15) is 6.04 Å². The van der Waals surface area contributed by atoms with Crippen molar-refractivity contribution >= 4 is 16.2 Å². The van der Waals surface area contributed by atoms with Crippen LogP contribution < -0.4 is 4.72 Å². The summed E-state index contributed by atoms with van der Waals surface area (Å²) in [6.45, 7) is 0.721. The van der Waals surface area contributed by atoms with Gasteiger partial charge in [-0.1, -0.05) is 6.42 Å². The van der Waals surface area contributed by atoms with E-state index in [1.807, 2.05) is 0 Å². The van der Waals surface area contributed by atoms with Gasteiger partial charge < -0.3 is 9.84 Å². The summed E-state index contributed by atoms with van der Waals surface area (Å²) in [6.07, 6.45) is 2.70. The molecule has 2 aliphatic rings. The normalized spacial score (nSPS) is 31.5. The van der Waals surface area contributed by atoms with Crippen molar-refractivity contribution in [2.75, 3.05) is 26.8 Å². The van der Waals surface area contributed by atoms with Crippen LogP contribution in [0.5, 0.6) is 0 Å². The van der Waals surface area contributed by atoms with E-state index in [9.17, 15) is 18.3 Å². The Bertz CT molecular complexity index is 438. The molecule has 3 atom stereocenters. The molecule has 1 saturated heterocycles. The SMILES string of the molecule is COCCNS(=O)(=O)N1CC2CCCC2C1C(=O)O. The highest BCUT2D eigenvalue weighted by Crippen LogP contribution is 2.43. The Hall–Kier alpha value is -0.700. The average Bonchev–Trinajstić information content (AvgIpc) is 2.87. The van der Waals surface area contributed by atoms with Gasteiger partial charge in [0.25, 0.3) is 10.2 Å². The molecule has 0 aromatic rings. The van der Waals surface area contributed by atoms with E-state index < -0.39 is 22.2 Å². The van der Waals surface area contributed by atoms with Gasteiger partial charge in [-0.05, 0) is 24.7 Å². The maximum absolute atomic E-state index is 12.1. The molecule has 1 aliphatic carbocycles. The smallest absolute Gasteiger partial charge is 0.322 e. The predicted molar refractivity (Wildman–Crippen MR) is 67.8 cm³/mol. The number of ether oxygens (including phenoxy) is 1. The molecule has 3 unspecified atom stereocenters. The average molecular weight is 292 g/mol. The maximum Gasteiger partial charge on any atom is 0.322 e. The fourth-order valence-electron chi connectivity index (χ4n) is 3.18. The molecule has 8 heteroatoms. The van der Waals surface area contributed by atoms with Gasteiger partial charge in [0.15, 0.2) is 0 Å².